The number of urea groups is 1. The van der Waals surface area contributed by atoms with Crippen molar-refractivity contribution in [1.29, 1.82) is 5.41 Å². The SMILES string of the molecule is CC(O)N(C=N)c1ccc(NC(=O)Nc2cc(C(C)(C)C)on2)cc1. The van der Waals surface area contributed by atoms with E-state index in [4.69, 9.17) is 9.93 Å². The lowest BCUT2D eigenvalue weighted by Crippen LogP contribution is -2.30. The van der Waals surface area contributed by atoms with Crippen LogP contribution in [0.3, 0.4) is 0 Å². The number of carbonyl (C=O) groups excluding carboxylic acids is 1. The van der Waals surface area contributed by atoms with Crippen molar-refractivity contribution in [2.24, 2.45) is 0 Å². The molecule has 2 aromatic rings. The fraction of sp³-hybridized carbons (Fsp3) is 0.353. The number of aromatic nitrogens is 1. The van der Waals surface area contributed by atoms with Crippen LogP contribution >= 0.6 is 0 Å². The average molecular weight is 345 g/mol. The average Bonchev–Trinajstić information content (AvgIpc) is 2.98. The van der Waals surface area contributed by atoms with E-state index in [0.29, 0.717) is 23.0 Å². The molecule has 0 saturated heterocycles. The van der Waals surface area contributed by atoms with Crippen molar-refractivity contribution in [1.82, 2.24) is 5.16 Å². The number of hydrogen-bond donors (Lipinski definition) is 4. The van der Waals surface area contributed by atoms with Gasteiger partial charge >= 0.3 is 6.03 Å². The maximum absolute atomic E-state index is 12.0. The number of hydrogen-bond acceptors (Lipinski definition) is 5. The van der Waals surface area contributed by atoms with Crippen LogP contribution in [-0.2, 0) is 5.41 Å². The largest absolute Gasteiger partial charge is 0.374 e. The maximum atomic E-state index is 12.0. The minimum absolute atomic E-state index is 0.191. The minimum atomic E-state index is -0.816. The van der Waals surface area contributed by atoms with Gasteiger partial charge in [-0.1, -0.05) is 25.9 Å². The summed E-state index contributed by atoms with van der Waals surface area (Å²) in [6.45, 7) is 7.53. The number of anilines is 3. The lowest BCUT2D eigenvalue weighted by Gasteiger charge is -2.22. The van der Waals surface area contributed by atoms with Gasteiger partial charge in [-0.25, -0.2) is 4.79 Å². The number of nitrogens with one attached hydrogen (secondary N) is 3. The van der Waals surface area contributed by atoms with Gasteiger partial charge in [0.2, 0.25) is 0 Å². The molecule has 2 rings (SSSR count). The van der Waals surface area contributed by atoms with E-state index in [0.717, 1.165) is 6.34 Å². The molecule has 0 radical (unpaired) electrons. The molecular formula is C17H23N5O3. The summed E-state index contributed by atoms with van der Waals surface area (Å²) in [5, 5.41) is 26.0. The lowest BCUT2D eigenvalue weighted by molar-refractivity contribution is 0.205. The Morgan fingerprint density at radius 1 is 1.32 bits per heavy atom. The second kappa shape index (κ2) is 7.35. The normalized spacial score (nSPS) is 12.4. The monoisotopic (exact) mass is 345 g/mol. The minimum Gasteiger partial charge on any atom is -0.374 e. The Labute approximate surface area is 146 Å². The van der Waals surface area contributed by atoms with Crippen molar-refractivity contribution in [3.05, 3.63) is 36.1 Å². The summed E-state index contributed by atoms with van der Waals surface area (Å²) in [6, 6.07) is 7.99. The van der Waals surface area contributed by atoms with Gasteiger partial charge in [0.05, 0.1) is 6.34 Å². The third-order valence-corrected chi connectivity index (χ3v) is 3.46. The quantitative estimate of drug-likeness (QED) is 0.377. The molecule has 1 unspecified atom stereocenters. The highest BCUT2D eigenvalue weighted by molar-refractivity contribution is 5.99. The van der Waals surface area contributed by atoms with Crippen LogP contribution in [0.4, 0.5) is 22.0 Å². The standard InChI is InChI=1S/C17H23N5O3/c1-11(23)22(10-18)13-7-5-12(6-8-13)19-16(24)20-15-9-14(25-21-15)17(2,3)4/h5-11,18,23H,1-4H3,(H2,19,20,21,24). The number of carbonyl (C=O) groups is 1. The molecule has 1 heterocycles. The molecule has 0 aliphatic carbocycles. The first-order valence-corrected chi connectivity index (χ1v) is 7.83. The Hall–Kier alpha value is -2.87. The van der Waals surface area contributed by atoms with Crippen molar-refractivity contribution < 1.29 is 14.4 Å². The van der Waals surface area contributed by atoms with Gasteiger partial charge in [0.15, 0.2) is 5.82 Å². The summed E-state index contributed by atoms with van der Waals surface area (Å²) in [4.78, 5) is 13.4. The second-order valence-corrected chi connectivity index (χ2v) is 6.62. The Morgan fingerprint density at radius 3 is 2.44 bits per heavy atom. The molecular weight excluding hydrogens is 322 g/mol. The molecule has 1 aromatic carbocycles. The number of rotatable bonds is 5. The van der Waals surface area contributed by atoms with Gasteiger partial charge in [-0.05, 0) is 31.2 Å². The second-order valence-electron chi connectivity index (χ2n) is 6.62. The zero-order valence-corrected chi connectivity index (χ0v) is 14.7. The van der Waals surface area contributed by atoms with Crippen molar-refractivity contribution in [2.45, 2.75) is 39.3 Å². The number of aliphatic hydroxyl groups is 1. The van der Waals surface area contributed by atoms with Gasteiger partial charge in [-0.2, -0.15) is 0 Å². The highest BCUT2D eigenvalue weighted by atomic mass is 16.5. The number of nitrogens with zero attached hydrogens (tertiary/aromatic N) is 2. The van der Waals surface area contributed by atoms with E-state index in [1.807, 2.05) is 20.8 Å². The van der Waals surface area contributed by atoms with E-state index in [9.17, 15) is 9.90 Å². The Morgan fingerprint density at radius 2 is 1.96 bits per heavy atom. The van der Waals surface area contributed by atoms with Gasteiger partial charge in [-0.15, -0.1) is 0 Å². The van der Waals surface area contributed by atoms with E-state index in [1.165, 1.54) is 4.90 Å². The highest BCUT2D eigenvalue weighted by Gasteiger charge is 2.20. The molecule has 1 atom stereocenters. The molecule has 4 N–H and O–H groups in total. The molecule has 8 nitrogen and oxygen atoms in total. The third kappa shape index (κ3) is 4.80. The molecule has 0 bridgehead atoms. The molecule has 0 saturated carbocycles. The summed E-state index contributed by atoms with van der Waals surface area (Å²) < 4.78 is 5.21. The van der Waals surface area contributed by atoms with E-state index in [1.54, 1.807) is 37.3 Å². The molecule has 0 aliphatic heterocycles. The highest BCUT2D eigenvalue weighted by Crippen LogP contribution is 2.24. The molecule has 0 fully saturated rings. The molecule has 25 heavy (non-hydrogen) atoms. The zero-order valence-electron chi connectivity index (χ0n) is 14.7. The van der Waals surface area contributed by atoms with Crippen molar-refractivity contribution in [3.8, 4) is 0 Å². The van der Waals surface area contributed by atoms with Crippen LogP contribution in [0.1, 0.15) is 33.5 Å². The number of aliphatic hydroxyl groups excluding tert-OH is 1. The summed E-state index contributed by atoms with van der Waals surface area (Å²) in [7, 11) is 0. The van der Waals surface area contributed by atoms with E-state index in [2.05, 4.69) is 15.8 Å². The first-order valence-electron chi connectivity index (χ1n) is 7.83. The van der Waals surface area contributed by atoms with Crippen molar-refractivity contribution in [2.75, 3.05) is 15.5 Å². The van der Waals surface area contributed by atoms with Gasteiger partial charge < -0.3 is 19.8 Å². The zero-order chi connectivity index (χ0) is 18.6. The van der Waals surface area contributed by atoms with Crippen molar-refractivity contribution >= 4 is 29.6 Å². The summed E-state index contributed by atoms with van der Waals surface area (Å²) in [5.74, 6) is 1.01. The van der Waals surface area contributed by atoms with Crippen LogP contribution in [0.5, 0.6) is 0 Å². The van der Waals surface area contributed by atoms with Crippen molar-refractivity contribution in [3.63, 3.8) is 0 Å². The lowest BCUT2D eigenvalue weighted by atomic mass is 9.93. The number of benzene rings is 1. The topological polar surface area (TPSA) is 114 Å². The fourth-order valence-electron chi connectivity index (χ4n) is 2.08. The first-order chi connectivity index (χ1) is 11.7. The molecule has 2 amide bonds. The number of amides is 2. The van der Waals surface area contributed by atoms with E-state index in [-0.39, 0.29) is 5.41 Å². The summed E-state index contributed by atoms with van der Waals surface area (Å²) in [5.41, 5.74) is 1.02. The molecule has 134 valence electrons. The van der Waals surface area contributed by atoms with E-state index < -0.39 is 12.3 Å². The van der Waals surface area contributed by atoms with Gasteiger partial charge in [0.1, 0.15) is 12.0 Å². The van der Waals surface area contributed by atoms with Crippen LogP contribution in [0.15, 0.2) is 34.9 Å². The molecule has 0 aliphatic rings. The van der Waals surface area contributed by atoms with Gasteiger partial charge in [0.25, 0.3) is 0 Å². The summed E-state index contributed by atoms with van der Waals surface area (Å²) in [6.07, 6.45) is 0.223. The maximum Gasteiger partial charge on any atom is 0.324 e. The third-order valence-electron chi connectivity index (χ3n) is 3.46. The summed E-state index contributed by atoms with van der Waals surface area (Å²) >= 11 is 0. The van der Waals surface area contributed by atoms with Crippen LogP contribution in [0, 0.1) is 5.41 Å². The molecule has 1 aromatic heterocycles. The molecule has 8 heteroatoms. The first kappa shape index (κ1) is 18.5. The smallest absolute Gasteiger partial charge is 0.324 e. The van der Waals surface area contributed by atoms with Crippen LogP contribution in [-0.4, -0.2) is 28.9 Å². The fourth-order valence-corrected chi connectivity index (χ4v) is 2.08. The Balaban J connectivity index is 1.99. The Kier molecular flexibility index (Phi) is 5.43. The molecule has 0 spiro atoms. The van der Waals surface area contributed by atoms with Crippen LogP contribution < -0.4 is 15.5 Å². The Bertz CT molecular complexity index is 731. The predicted octanol–water partition coefficient (Wildman–Crippen LogP) is 3.37. The predicted molar refractivity (Wildman–Crippen MR) is 97.2 cm³/mol. The van der Waals surface area contributed by atoms with Crippen LogP contribution in [0.25, 0.3) is 0 Å². The van der Waals surface area contributed by atoms with Gasteiger partial charge in [0, 0.05) is 22.9 Å². The van der Waals surface area contributed by atoms with Gasteiger partial charge in [-0.3, -0.25) is 10.7 Å². The van der Waals surface area contributed by atoms with Crippen LogP contribution in [0.2, 0.25) is 0 Å². The van der Waals surface area contributed by atoms with E-state index >= 15 is 0 Å².